The van der Waals surface area contributed by atoms with Crippen LogP contribution in [0.3, 0.4) is 0 Å². The van der Waals surface area contributed by atoms with E-state index >= 15 is 0 Å². The molecule has 0 unspecified atom stereocenters. The van der Waals surface area contributed by atoms with E-state index in [1.807, 2.05) is 18.2 Å². The molecule has 4 nitrogen and oxygen atoms in total. The van der Waals surface area contributed by atoms with Gasteiger partial charge in [0.25, 0.3) is 0 Å². The number of nitrogens with zero attached hydrogens (tertiary/aromatic N) is 1. The molecule has 1 fully saturated rings. The van der Waals surface area contributed by atoms with E-state index in [0.717, 1.165) is 29.7 Å². The molecule has 5 heteroatoms. The second-order valence-corrected chi connectivity index (χ2v) is 4.84. The van der Waals surface area contributed by atoms with Crippen LogP contribution >= 0.6 is 11.6 Å². The molecule has 0 aliphatic heterocycles. The number of nitrogen functional groups attached to an aromatic ring is 1. The normalized spacial score (nSPS) is 14.8. The maximum atomic E-state index is 6.13. The van der Waals surface area contributed by atoms with Crippen molar-refractivity contribution in [3.63, 3.8) is 0 Å². The molecule has 3 rings (SSSR count). The van der Waals surface area contributed by atoms with Crippen molar-refractivity contribution in [1.82, 2.24) is 5.16 Å². The predicted octanol–water partition coefficient (Wildman–Crippen LogP) is 3.46. The van der Waals surface area contributed by atoms with E-state index in [9.17, 15) is 0 Å². The Balaban J connectivity index is 2.09. The van der Waals surface area contributed by atoms with Gasteiger partial charge in [-0.15, -0.1) is 0 Å². The molecule has 1 saturated carbocycles. The number of methoxy groups -OCH3 is 1. The highest BCUT2D eigenvalue weighted by Crippen LogP contribution is 2.46. The molecule has 1 heterocycles. The first-order valence-electron chi connectivity index (χ1n) is 5.79. The third-order valence-corrected chi connectivity index (χ3v) is 3.44. The summed E-state index contributed by atoms with van der Waals surface area (Å²) in [6.07, 6.45) is 2.28. The Morgan fingerprint density at radius 3 is 2.83 bits per heavy atom. The van der Waals surface area contributed by atoms with Gasteiger partial charge in [-0.05, 0) is 30.5 Å². The van der Waals surface area contributed by atoms with Crippen LogP contribution < -0.4 is 10.5 Å². The number of hydrogen-bond donors (Lipinski definition) is 1. The first-order valence-corrected chi connectivity index (χ1v) is 6.17. The molecule has 2 aromatic rings. The van der Waals surface area contributed by atoms with E-state index < -0.39 is 0 Å². The lowest BCUT2D eigenvalue weighted by Gasteiger charge is -2.06. The minimum Gasteiger partial charge on any atom is -0.495 e. The van der Waals surface area contributed by atoms with Gasteiger partial charge in [-0.1, -0.05) is 22.8 Å². The van der Waals surface area contributed by atoms with E-state index in [2.05, 4.69) is 5.16 Å². The summed E-state index contributed by atoms with van der Waals surface area (Å²) in [6.45, 7) is 0. The molecule has 1 aliphatic rings. The molecule has 1 aromatic heterocycles. The summed E-state index contributed by atoms with van der Waals surface area (Å²) in [5.74, 6) is 1.46. The van der Waals surface area contributed by atoms with E-state index in [1.165, 1.54) is 0 Å². The van der Waals surface area contributed by atoms with Crippen molar-refractivity contribution < 1.29 is 9.26 Å². The monoisotopic (exact) mass is 264 g/mol. The number of aromatic nitrogens is 1. The molecule has 0 bridgehead atoms. The van der Waals surface area contributed by atoms with Gasteiger partial charge in [0.2, 0.25) is 5.88 Å². The first kappa shape index (κ1) is 11.4. The lowest BCUT2D eigenvalue weighted by Crippen LogP contribution is -1.90. The van der Waals surface area contributed by atoms with Gasteiger partial charge in [-0.3, -0.25) is 0 Å². The Bertz CT molecular complexity index is 591. The van der Waals surface area contributed by atoms with Gasteiger partial charge in [0.1, 0.15) is 5.75 Å². The Kier molecular flexibility index (Phi) is 2.67. The topological polar surface area (TPSA) is 61.3 Å². The molecule has 94 valence electrons. The zero-order valence-corrected chi connectivity index (χ0v) is 10.7. The van der Waals surface area contributed by atoms with E-state index in [4.69, 9.17) is 26.6 Å². The van der Waals surface area contributed by atoms with Crippen LogP contribution in [0.25, 0.3) is 11.1 Å². The number of ether oxygens (including phenoxy) is 1. The van der Waals surface area contributed by atoms with Crippen molar-refractivity contribution in [2.24, 2.45) is 0 Å². The molecular formula is C13H13ClN2O2. The second-order valence-electron chi connectivity index (χ2n) is 4.43. The van der Waals surface area contributed by atoms with E-state index in [1.54, 1.807) is 7.11 Å². The standard InChI is InChI=1S/C13H13ClN2O2/c1-17-10-5-4-8(6-9(10)14)11-12(7-2-3-7)16-18-13(11)15/h4-7H,2-3,15H2,1H3. The van der Waals surface area contributed by atoms with Crippen LogP contribution in [0.15, 0.2) is 22.7 Å². The molecule has 1 aliphatic carbocycles. The van der Waals surface area contributed by atoms with Crippen LogP contribution in [0.1, 0.15) is 24.5 Å². The second kappa shape index (κ2) is 4.21. The number of benzene rings is 1. The highest BCUT2D eigenvalue weighted by Gasteiger charge is 2.31. The van der Waals surface area contributed by atoms with Crippen LogP contribution in [-0.2, 0) is 0 Å². The highest BCUT2D eigenvalue weighted by molar-refractivity contribution is 6.32. The molecule has 1 aromatic carbocycles. The van der Waals surface area contributed by atoms with Gasteiger partial charge < -0.3 is 15.0 Å². The lowest BCUT2D eigenvalue weighted by molar-refractivity contribution is 0.415. The largest absolute Gasteiger partial charge is 0.495 e. The average molecular weight is 265 g/mol. The number of halogens is 1. The van der Waals surface area contributed by atoms with Gasteiger partial charge >= 0.3 is 0 Å². The summed E-state index contributed by atoms with van der Waals surface area (Å²) in [7, 11) is 1.59. The van der Waals surface area contributed by atoms with Crippen LogP contribution in [-0.4, -0.2) is 12.3 Å². The third-order valence-electron chi connectivity index (χ3n) is 3.15. The van der Waals surface area contributed by atoms with E-state index in [0.29, 0.717) is 22.6 Å². The van der Waals surface area contributed by atoms with Crippen molar-refractivity contribution in [1.29, 1.82) is 0 Å². The van der Waals surface area contributed by atoms with Crippen molar-refractivity contribution in [2.75, 3.05) is 12.8 Å². The lowest BCUT2D eigenvalue weighted by atomic mass is 10.0. The molecule has 0 spiro atoms. The zero-order chi connectivity index (χ0) is 12.7. The van der Waals surface area contributed by atoms with Crippen molar-refractivity contribution >= 4 is 17.5 Å². The minimum atomic E-state index is 0.345. The summed E-state index contributed by atoms with van der Waals surface area (Å²) < 4.78 is 10.2. The third kappa shape index (κ3) is 1.82. The van der Waals surface area contributed by atoms with Crippen molar-refractivity contribution in [2.45, 2.75) is 18.8 Å². The number of nitrogens with two attached hydrogens (primary N) is 1. The van der Waals surface area contributed by atoms with Crippen LogP contribution in [0.2, 0.25) is 5.02 Å². The molecular weight excluding hydrogens is 252 g/mol. The van der Waals surface area contributed by atoms with E-state index in [-0.39, 0.29) is 0 Å². The van der Waals surface area contributed by atoms with Crippen LogP contribution in [0, 0.1) is 0 Å². The van der Waals surface area contributed by atoms with Gasteiger partial charge in [-0.2, -0.15) is 0 Å². The van der Waals surface area contributed by atoms with Gasteiger partial charge in [0.05, 0.1) is 23.4 Å². The first-order chi connectivity index (χ1) is 8.70. The Labute approximate surface area is 110 Å². The fraction of sp³-hybridized carbons (Fsp3) is 0.308. The number of hydrogen-bond acceptors (Lipinski definition) is 4. The maximum Gasteiger partial charge on any atom is 0.230 e. The van der Waals surface area contributed by atoms with Crippen molar-refractivity contribution in [3.05, 3.63) is 28.9 Å². The fourth-order valence-electron chi connectivity index (χ4n) is 2.06. The van der Waals surface area contributed by atoms with Crippen molar-refractivity contribution in [3.8, 4) is 16.9 Å². The highest BCUT2D eigenvalue weighted by atomic mass is 35.5. The molecule has 0 saturated heterocycles. The van der Waals surface area contributed by atoms with Gasteiger partial charge in [0, 0.05) is 5.92 Å². The summed E-state index contributed by atoms with van der Waals surface area (Å²) in [5, 5.41) is 4.61. The minimum absolute atomic E-state index is 0.345. The number of rotatable bonds is 3. The number of anilines is 1. The SMILES string of the molecule is COc1ccc(-c2c(C3CC3)noc2N)cc1Cl. The molecule has 0 atom stereocenters. The maximum absolute atomic E-state index is 6.13. The van der Waals surface area contributed by atoms with Gasteiger partial charge in [-0.25, -0.2) is 0 Å². The van der Waals surface area contributed by atoms with Crippen LogP contribution in [0.4, 0.5) is 5.88 Å². The molecule has 18 heavy (non-hydrogen) atoms. The Morgan fingerprint density at radius 2 is 2.22 bits per heavy atom. The zero-order valence-electron chi connectivity index (χ0n) is 9.94. The quantitative estimate of drug-likeness (QED) is 0.922. The summed E-state index contributed by atoms with van der Waals surface area (Å²) >= 11 is 6.13. The Hall–Kier alpha value is -1.68. The fourth-order valence-corrected chi connectivity index (χ4v) is 2.32. The predicted molar refractivity (Wildman–Crippen MR) is 69.9 cm³/mol. The summed E-state index contributed by atoms with van der Waals surface area (Å²) in [5.41, 5.74) is 8.58. The van der Waals surface area contributed by atoms with Crippen LogP contribution in [0.5, 0.6) is 5.75 Å². The summed E-state index contributed by atoms with van der Waals surface area (Å²) in [6, 6.07) is 5.56. The smallest absolute Gasteiger partial charge is 0.230 e. The molecule has 2 N–H and O–H groups in total. The molecule has 0 amide bonds. The Morgan fingerprint density at radius 1 is 1.44 bits per heavy atom. The molecule has 0 radical (unpaired) electrons. The summed E-state index contributed by atoms with van der Waals surface area (Å²) in [4.78, 5) is 0. The average Bonchev–Trinajstić information content (AvgIpc) is 3.13. The van der Waals surface area contributed by atoms with Gasteiger partial charge in [0.15, 0.2) is 0 Å².